The van der Waals surface area contributed by atoms with Gasteiger partial charge in [-0.05, 0) is 66.1 Å². The maximum absolute atomic E-state index is 13.5. The Balaban J connectivity index is 1.53. The molecule has 4 aromatic rings. The van der Waals surface area contributed by atoms with Crippen molar-refractivity contribution in [2.45, 2.75) is 35.9 Å². The summed E-state index contributed by atoms with van der Waals surface area (Å²) in [5.74, 6) is -0.873. The molecule has 7 nitrogen and oxygen atoms in total. The molecule has 1 aliphatic heterocycles. The summed E-state index contributed by atoms with van der Waals surface area (Å²) in [4.78, 5) is 28.3. The van der Waals surface area contributed by atoms with Gasteiger partial charge in [0.2, 0.25) is 5.13 Å². The molecule has 42 heavy (non-hydrogen) atoms. The van der Waals surface area contributed by atoms with Gasteiger partial charge in [-0.15, -0.1) is 10.2 Å². The van der Waals surface area contributed by atoms with Crippen LogP contribution in [0.5, 0.6) is 5.75 Å². The SMILES string of the molecule is CCCCOc1cccc(C2C(=C(O)c3ccc(Cl)cc3)C(=O)C(=O)N2c2nnc(SCc3ccc(Cl)cc3Cl)s2)c1. The van der Waals surface area contributed by atoms with Gasteiger partial charge in [-0.1, -0.05) is 89.4 Å². The third-order valence-electron chi connectivity index (χ3n) is 6.47. The van der Waals surface area contributed by atoms with Gasteiger partial charge < -0.3 is 9.84 Å². The summed E-state index contributed by atoms with van der Waals surface area (Å²) < 4.78 is 6.48. The summed E-state index contributed by atoms with van der Waals surface area (Å²) in [6, 6.07) is 17.8. The number of Topliss-reactive ketones (excluding diaryl/α,β-unsaturated/α-hetero) is 1. The number of aliphatic hydroxyl groups excluding tert-OH is 1. The molecule has 12 heteroatoms. The summed E-state index contributed by atoms with van der Waals surface area (Å²) in [5.41, 5.74) is 1.73. The molecule has 1 saturated heterocycles. The highest BCUT2D eigenvalue weighted by molar-refractivity contribution is 8.00. The first-order valence-corrected chi connectivity index (χ1v) is 15.9. The summed E-state index contributed by atoms with van der Waals surface area (Å²) in [6.07, 6.45) is 1.86. The van der Waals surface area contributed by atoms with Crippen LogP contribution >= 0.6 is 57.9 Å². The predicted molar refractivity (Wildman–Crippen MR) is 169 cm³/mol. The maximum atomic E-state index is 13.5. The van der Waals surface area contributed by atoms with Gasteiger partial charge in [-0.3, -0.25) is 14.5 Å². The molecule has 5 rings (SSSR count). The Morgan fingerprint density at radius 3 is 2.52 bits per heavy atom. The van der Waals surface area contributed by atoms with Crippen LogP contribution in [0.2, 0.25) is 15.1 Å². The first kappa shape index (κ1) is 30.4. The second kappa shape index (κ2) is 13.5. The monoisotopic (exact) mass is 659 g/mol. The molecule has 1 atom stereocenters. The second-order valence-corrected chi connectivity index (χ2v) is 12.8. The van der Waals surface area contributed by atoms with Gasteiger partial charge in [0.05, 0.1) is 18.2 Å². The molecule has 1 N–H and O–H groups in total. The Labute approximate surface area is 266 Å². The van der Waals surface area contributed by atoms with Crippen molar-refractivity contribution in [2.24, 2.45) is 0 Å². The van der Waals surface area contributed by atoms with Crippen molar-refractivity contribution in [3.8, 4) is 5.75 Å². The number of unbranched alkanes of at least 4 members (excludes halogenated alkanes) is 1. The molecule has 0 bridgehead atoms. The Bertz CT molecular complexity index is 1660. The lowest BCUT2D eigenvalue weighted by atomic mass is 9.95. The van der Waals surface area contributed by atoms with Gasteiger partial charge in [0.1, 0.15) is 11.5 Å². The van der Waals surface area contributed by atoms with Crippen LogP contribution in [0, 0.1) is 0 Å². The standard InChI is InChI=1S/C30H24Cl3N3O4S2/c1-2-3-13-40-22-6-4-5-18(14-22)25-24(26(37)17-7-10-20(31)11-8-17)27(38)28(39)36(25)29-34-35-30(42-29)41-16-19-9-12-21(32)15-23(19)33/h4-12,14-15,25,37H,2-3,13,16H2,1H3. The fourth-order valence-electron chi connectivity index (χ4n) is 4.35. The molecule has 1 aliphatic rings. The normalized spacial score (nSPS) is 16.3. The molecule has 0 saturated carbocycles. The topological polar surface area (TPSA) is 92.6 Å². The molecular formula is C30H24Cl3N3O4S2. The van der Waals surface area contributed by atoms with Crippen LogP contribution in [0.4, 0.5) is 5.13 Å². The first-order chi connectivity index (χ1) is 20.3. The van der Waals surface area contributed by atoms with Crippen molar-refractivity contribution in [2.75, 3.05) is 11.5 Å². The van der Waals surface area contributed by atoms with E-state index in [-0.39, 0.29) is 16.5 Å². The number of carbonyl (C=O) groups is 2. The van der Waals surface area contributed by atoms with Crippen LogP contribution in [0.1, 0.15) is 42.5 Å². The molecule has 2 heterocycles. The number of ether oxygens (including phenoxy) is 1. The molecule has 1 amide bonds. The number of amides is 1. The lowest BCUT2D eigenvalue weighted by Crippen LogP contribution is -2.29. The zero-order valence-electron chi connectivity index (χ0n) is 22.2. The molecule has 1 fully saturated rings. The van der Waals surface area contributed by atoms with Gasteiger partial charge in [0.15, 0.2) is 4.34 Å². The minimum absolute atomic E-state index is 0.0645. The zero-order chi connectivity index (χ0) is 29.8. The average molecular weight is 661 g/mol. The van der Waals surface area contributed by atoms with Crippen LogP contribution in [-0.2, 0) is 15.3 Å². The van der Waals surface area contributed by atoms with Gasteiger partial charge in [0.25, 0.3) is 5.78 Å². The number of hydrogen-bond donors (Lipinski definition) is 1. The Morgan fingerprint density at radius 1 is 1.02 bits per heavy atom. The number of rotatable bonds is 10. The van der Waals surface area contributed by atoms with Crippen LogP contribution in [0.25, 0.3) is 5.76 Å². The molecule has 1 aromatic heterocycles. The highest BCUT2D eigenvalue weighted by atomic mass is 35.5. The van der Waals surface area contributed by atoms with Crippen LogP contribution in [-0.4, -0.2) is 33.6 Å². The van der Waals surface area contributed by atoms with E-state index in [0.29, 0.717) is 48.6 Å². The van der Waals surface area contributed by atoms with Gasteiger partial charge in [0, 0.05) is 26.4 Å². The number of aromatic nitrogens is 2. The smallest absolute Gasteiger partial charge is 0.301 e. The number of thioether (sulfide) groups is 1. The van der Waals surface area contributed by atoms with Crippen LogP contribution in [0.15, 0.2) is 76.6 Å². The molecule has 3 aromatic carbocycles. The van der Waals surface area contributed by atoms with E-state index in [0.717, 1.165) is 18.4 Å². The number of carbonyl (C=O) groups excluding carboxylic acids is 2. The lowest BCUT2D eigenvalue weighted by Gasteiger charge is -2.23. The third kappa shape index (κ3) is 6.61. The molecule has 1 unspecified atom stereocenters. The minimum atomic E-state index is -0.966. The molecule has 0 aliphatic carbocycles. The van der Waals surface area contributed by atoms with Crippen molar-refractivity contribution in [1.82, 2.24) is 10.2 Å². The zero-order valence-corrected chi connectivity index (χ0v) is 26.1. The number of benzene rings is 3. The van der Waals surface area contributed by atoms with E-state index in [1.165, 1.54) is 28.0 Å². The van der Waals surface area contributed by atoms with E-state index < -0.39 is 17.7 Å². The van der Waals surface area contributed by atoms with E-state index in [1.807, 2.05) is 12.1 Å². The van der Waals surface area contributed by atoms with Crippen molar-refractivity contribution in [3.63, 3.8) is 0 Å². The van der Waals surface area contributed by atoms with Gasteiger partial charge >= 0.3 is 5.91 Å². The number of aliphatic hydroxyl groups is 1. The van der Waals surface area contributed by atoms with E-state index in [4.69, 9.17) is 39.5 Å². The number of halogens is 3. The number of nitrogens with zero attached hydrogens (tertiary/aromatic N) is 3. The molecule has 0 spiro atoms. The highest BCUT2D eigenvalue weighted by Crippen LogP contribution is 2.45. The van der Waals surface area contributed by atoms with E-state index >= 15 is 0 Å². The van der Waals surface area contributed by atoms with E-state index in [9.17, 15) is 14.7 Å². The molecule has 216 valence electrons. The Hall–Kier alpha value is -3.08. The average Bonchev–Trinajstić information content (AvgIpc) is 3.55. The van der Waals surface area contributed by atoms with Crippen molar-refractivity contribution in [1.29, 1.82) is 0 Å². The number of hydrogen-bond acceptors (Lipinski definition) is 8. The Kier molecular flexibility index (Phi) is 9.75. The summed E-state index contributed by atoms with van der Waals surface area (Å²) in [7, 11) is 0. The summed E-state index contributed by atoms with van der Waals surface area (Å²) >= 11 is 20.9. The Morgan fingerprint density at radius 2 is 1.79 bits per heavy atom. The van der Waals surface area contributed by atoms with E-state index in [2.05, 4.69) is 17.1 Å². The number of ketones is 1. The summed E-state index contributed by atoms with van der Waals surface area (Å²) in [5, 5.41) is 21.6. The predicted octanol–water partition coefficient (Wildman–Crippen LogP) is 8.60. The largest absolute Gasteiger partial charge is 0.507 e. The fourth-order valence-corrected chi connectivity index (χ4v) is 6.91. The minimum Gasteiger partial charge on any atom is -0.507 e. The fraction of sp³-hybridized carbons (Fsp3) is 0.200. The lowest BCUT2D eigenvalue weighted by molar-refractivity contribution is -0.132. The first-order valence-electron chi connectivity index (χ1n) is 13.0. The maximum Gasteiger partial charge on any atom is 0.301 e. The quantitative estimate of drug-likeness (QED) is 0.0455. The highest BCUT2D eigenvalue weighted by Gasteiger charge is 2.48. The molecule has 0 radical (unpaired) electrons. The van der Waals surface area contributed by atoms with Crippen LogP contribution in [0.3, 0.4) is 0 Å². The second-order valence-electron chi connectivity index (χ2n) is 9.33. The summed E-state index contributed by atoms with van der Waals surface area (Å²) in [6.45, 7) is 2.60. The number of anilines is 1. The van der Waals surface area contributed by atoms with E-state index in [1.54, 1.807) is 54.6 Å². The van der Waals surface area contributed by atoms with Crippen molar-refractivity contribution < 1.29 is 19.4 Å². The molecular weight excluding hydrogens is 637 g/mol. The van der Waals surface area contributed by atoms with Gasteiger partial charge in [-0.2, -0.15) is 0 Å². The third-order valence-corrected chi connectivity index (χ3v) is 9.41. The van der Waals surface area contributed by atoms with Crippen molar-refractivity contribution >= 4 is 80.5 Å². The van der Waals surface area contributed by atoms with Gasteiger partial charge in [-0.25, -0.2) is 0 Å². The van der Waals surface area contributed by atoms with Crippen LogP contribution < -0.4 is 9.64 Å². The van der Waals surface area contributed by atoms with Crippen molar-refractivity contribution in [3.05, 3.63) is 104 Å².